The van der Waals surface area contributed by atoms with Gasteiger partial charge in [-0.3, -0.25) is 15.0 Å². The maximum atomic E-state index is 13.0. The van der Waals surface area contributed by atoms with Gasteiger partial charge in [-0.15, -0.1) is 0 Å². The molecule has 0 radical (unpaired) electrons. The number of pyridine rings is 1. The van der Waals surface area contributed by atoms with Crippen LogP contribution in [-0.4, -0.2) is 44.4 Å². The third kappa shape index (κ3) is 8.53. The van der Waals surface area contributed by atoms with Crippen molar-refractivity contribution in [1.29, 1.82) is 0 Å². The van der Waals surface area contributed by atoms with Crippen LogP contribution in [0.3, 0.4) is 0 Å². The van der Waals surface area contributed by atoms with Crippen LogP contribution in [0, 0.1) is 6.92 Å². The normalized spacial score (nSPS) is 10.6. The predicted molar refractivity (Wildman–Crippen MR) is 166 cm³/mol. The van der Waals surface area contributed by atoms with Gasteiger partial charge >= 0.3 is 12.2 Å². The fraction of sp³-hybridized carbons (Fsp3) is 0.250. The molecule has 0 saturated carbocycles. The van der Waals surface area contributed by atoms with Crippen LogP contribution in [0.4, 0.5) is 21.0 Å². The number of rotatable bonds is 11. The topological polar surface area (TPSA) is 101 Å². The van der Waals surface area contributed by atoms with Crippen molar-refractivity contribution in [2.24, 2.45) is 0 Å². The quantitative estimate of drug-likeness (QED) is 0.151. The Morgan fingerprint density at radius 1 is 0.929 bits per heavy atom. The van der Waals surface area contributed by atoms with E-state index in [9.17, 15) is 14.4 Å². The first kappa shape index (κ1) is 30.5. The molecular weight excluding hydrogens is 600 g/mol. The van der Waals surface area contributed by atoms with Crippen LogP contribution in [-0.2, 0) is 16.0 Å². The second kappa shape index (κ2) is 15.0. The van der Waals surface area contributed by atoms with Gasteiger partial charge in [-0.1, -0.05) is 61.0 Å². The second-order valence-electron chi connectivity index (χ2n) is 9.63. The highest BCUT2D eigenvalue weighted by molar-refractivity contribution is 9.10. The van der Waals surface area contributed by atoms with Crippen LogP contribution in [0.2, 0.25) is 0 Å². The van der Waals surface area contributed by atoms with Crippen LogP contribution in [0.15, 0.2) is 89.7 Å². The summed E-state index contributed by atoms with van der Waals surface area (Å²) in [6.07, 6.45) is 3.40. The van der Waals surface area contributed by atoms with Crippen LogP contribution in [0.1, 0.15) is 29.3 Å². The number of aromatic nitrogens is 1. The molecule has 218 valence electrons. The first-order valence-electron chi connectivity index (χ1n) is 13.7. The number of ether oxygens (including phenoxy) is 2. The second-order valence-corrected chi connectivity index (χ2v) is 10.5. The highest BCUT2D eigenvalue weighted by Gasteiger charge is 2.19. The molecule has 2 N–H and O–H groups in total. The van der Waals surface area contributed by atoms with Crippen molar-refractivity contribution in [3.8, 4) is 0 Å². The maximum absolute atomic E-state index is 13.0. The number of benzene rings is 3. The van der Waals surface area contributed by atoms with Crippen molar-refractivity contribution in [2.75, 3.05) is 36.5 Å². The molecule has 9 nitrogen and oxygen atoms in total. The molecule has 0 bridgehead atoms. The molecule has 4 aromatic rings. The van der Waals surface area contributed by atoms with E-state index in [1.165, 1.54) is 4.90 Å². The largest absolute Gasteiger partial charge is 0.447 e. The molecule has 0 atom stereocenters. The molecule has 0 aliphatic rings. The van der Waals surface area contributed by atoms with Crippen molar-refractivity contribution in [1.82, 2.24) is 5.32 Å². The van der Waals surface area contributed by atoms with Gasteiger partial charge < -0.3 is 14.8 Å². The summed E-state index contributed by atoms with van der Waals surface area (Å²) in [7, 11) is 0. The lowest BCUT2D eigenvalue weighted by atomic mass is 10.1. The standard InChI is InChI=1S/C32H33BrN4O5/c1-3-16-36-21-25(20-26(33)22-36)30(38)34-15-18-42-32(40)37(27-13-11-23(2)12-14-27)17-19-41-31(39)35-29-10-6-8-24-7-4-5-9-28(24)29/h4-14,20-22H,3,15-19H2,1-2H3,(H-,34,35,38,39)/p+1. The Morgan fingerprint density at radius 2 is 1.69 bits per heavy atom. The molecule has 0 saturated heterocycles. The molecule has 0 aliphatic carbocycles. The maximum Gasteiger partial charge on any atom is 0.414 e. The number of hydrogen-bond acceptors (Lipinski definition) is 5. The Balaban J connectivity index is 1.31. The average Bonchev–Trinajstić information content (AvgIpc) is 2.98. The smallest absolute Gasteiger partial charge is 0.414 e. The zero-order chi connectivity index (χ0) is 29.9. The lowest BCUT2D eigenvalue weighted by Crippen LogP contribution is -2.38. The summed E-state index contributed by atoms with van der Waals surface area (Å²) in [5, 5.41) is 7.45. The van der Waals surface area contributed by atoms with Gasteiger partial charge in [0.05, 0.1) is 23.2 Å². The zero-order valence-corrected chi connectivity index (χ0v) is 25.2. The van der Waals surface area contributed by atoms with Crippen molar-refractivity contribution in [2.45, 2.75) is 26.8 Å². The molecule has 1 aromatic heterocycles. The number of fused-ring (bicyclic) bond motifs is 1. The van der Waals surface area contributed by atoms with Gasteiger partial charge in [0.2, 0.25) is 0 Å². The molecule has 10 heteroatoms. The van der Waals surface area contributed by atoms with E-state index in [1.54, 1.807) is 30.5 Å². The third-order valence-electron chi connectivity index (χ3n) is 6.39. The SMILES string of the molecule is CCC[n+]1cc(Br)cc(C(=O)NCCOC(=O)N(CCOC(=O)Nc2cccc3ccccc23)c2ccc(C)cc2)c1. The van der Waals surface area contributed by atoms with Crippen molar-refractivity contribution in [3.63, 3.8) is 0 Å². The monoisotopic (exact) mass is 633 g/mol. The van der Waals surface area contributed by atoms with Crippen LogP contribution in [0.25, 0.3) is 10.8 Å². The van der Waals surface area contributed by atoms with E-state index in [2.05, 4.69) is 33.5 Å². The van der Waals surface area contributed by atoms with Crippen molar-refractivity contribution >= 4 is 56.2 Å². The molecule has 3 amide bonds. The summed E-state index contributed by atoms with van der Waals surface area (Å²) in [4.78, 5) is 39.6. The van der Waals surface area contributed by atoms with E-state index in [-0.39, 0.29) is 32.2 Å². The van der Waals surface area contributed by atoms with Gasteiger partial charge in [0.1, 0.15) is 25.3 Å². The fourth-order valence-corrected chi connectivity index (χ4v) is 4.86. The van der Waals surface area contributed by atoms with Gasteiger partial charge in [-0.05, 0) is 52.5 Å². The minimum atomic E-state index is -0.626. The number of nitrogens with one attached hydrogen (secondary N) is 2. The average molecular weight is 635 g/mol. The van der Waals surface area contributed by atoms with E-state index in [1.807, 2.05) is 66.2 Å². The number of nitrogens with zero attached hydrogens (tertiary/aromatic N) is 2. The van der Waals surface area contributed by atoms with Crippen LogP contribution in [0.5, 0.6) is 0 Å². The van der Waals surface area contributed by atoms with Gasteiger partial charge in [-0.25, -0.2) is 14.2 Å². The van der Waals surface area contributed by atoms with Gasteiger partial charge in [0.25, 0.3) is 5.91 Å². The first-order chi connectivity index (χ1) is 20.3. The first-order valence-corrected chi connectivity index (χ1v) is 14.5. The van der Waals surface area contributed by atoms with Gasteiger partial charge in [0.15, 0.2) is 12.4 Å². The number of carbonyl (C=O) groups is 3. The van der Waals surface area contributed by atoms with Gasteiger partial charge in [0, 0.05) is 17.5 Å². The summed E-state index contributed by atoms with van der Waals surface area (Å²) in [6.45, 7) is 4.93. The van der Waals surface area contributed by atoms with E-state index in [0.717, 1.165) is 33.8 Å². The van der Waals surface area contributed by atoms with E-state index >= 15 is 0 Å². The third-order valence-corrected chi connectivity index (χ3v) is 6.82. The number of halogens is 1. The zero-order valence-electron chi connectivity index (χ0n) is 23.6. The van der Waals surface area contributed by atoms with Crippen LogP contribution < -0.4 is 20.1 Å². The van der Waals surface area contributed by atoms with Crippen molar-refractivity contribution < 1.29 is 28.4 Å². The Bertz CT molecular complexity index is 1540. The molecule has 0 spiro atoms. The molecule has 42 heavy (non-hydrogen) atoms. The number of hydrogen-bond donors (Lipinski definition) is 2. The number of aryl methyl sites for hydroxylation is 2. The molecule has 3 aromatic carbocycles. The molecule has 0 aliphatic heterocycles. The highest BCUT2D eigenvalue weighted by atomic mass is 79.9. The highest BCUT2D eigenvalue weighted by Crippen LogP contribution is 2.23. The van der Waals surface area contributed by atoms with E-state index in [4.69, 9.17) is 9.47 Å². The van der Waals surface area contributed by atoms with Crippen molar-refractivity contribution in [3.05, 3.63) is 101 Å². The lowest BCUT2D eigenvalue weighted by Gasteiger charge is -2.22. The summed E-state index contributed by atoms with van der Waals surface area (Å²) < 4.78 is 13.6. The van der Waals surface area contributed by atoms with E-state index < -0.39 is 12.2 Å². The number of carbonyl (C=O) groups excluding carboxylic acids is 3. The summed E-state index contributed by atoms with van der Waals surface area (Å²) in [5.41, 5.74) is 2.78. The number of anilines is 2. The predicted octanol–water partition coefficient (Wildman–Crippen LogP) is 6.23. The molecule has 4 rings (SSSR count). The number of amides is 3. The summed E-state index contributed by atoms with van der Waals surface area (Å²) in [6, 6.07) is 22.4. The minimum Gasteiger partial charge on any atom is -0.447 e. The fourth-order valence-electron chi connectivity index (χ4n) is 4.35. The molecule has 1 heterocycles. The molecule has 0 fully saturated rings. The Morgan fingerprint density at radius 3 is 2.48 bits per heavy atom. The Kier molecular flexibility index (Phi) is 10.9. The van der Waals surface area contributed by atoms with Crippen LogP contribution >= 0.6 is 15.9 Å². The lowest BCUT2D eigenvalue weighted by molar-refractivity contribution is -0.697. The Hall–Kier alpha value is -4.44. The summed E-state index contributed by atoms with van der Waals surface area (Å²) in [5.74, 6) is -0.266. The Labute approximate surface area is 253 Å². The molecule has 0 unspecified atom stereocenters. The van der Waals surface area contributed by atoms with E-state index in [0.29, 0.717) is 16.9 Å². The minimum absolute atomic E-state index is 0.0294. The van der Waals surface area contributed by atoms with Gasteiger partial charge in [-0.2, -0.15) is 0 Å². The molecular formula is C32H34BrN4O5+. The summed E-state index contributed by atoms with van der Waals surface area (Å²) >= 11 is 3.44.